The lowest BCUT2D eigenvalue weighted by Gasteiger charge is -2.32. The van der Waals surface area contributed by atoms with Gasteiger partial charge in [-0.2, -0.15) is 0 Å². The van der Waals surface area contributed by atoms with Crippen LogP contribution in [-0.4, -0.2) is 39.6 Å². The maximum absolute atomic E-state index is 11.5. The van der Waals surface area contributed by atoms with Gasteiger partial charge in [0.2, 0.25) is 0 Å². The lowest BCUT2D eigenvalue weighted by molar-refractivity contribution is 0.209. The molecule has 0 amide bonds. The van der Waals surface area contributed by atoms with Crippen LogP contribution in [0.15, 0.2) is 16.9 Å². The number of halogens is 1. The third-order valence-electron chi connectivity index (χ3n) is 4.18. The first-order valence-electron chi connectivity index (χ1n) is 7.35. The van der Waals surface area contributed by atoms with E-state index < -0.39 is 0 Å². The fourth-order valence-corrected chi connectivity index (χ4v) is 3.30. The summed E-state index contributed by atoms with van der Waals surface area (Å²) in [5, 5.41) is 9.84. The van der Waals surface area contributed by atoms with Crippen molar-refractivity contribution in [2.75, 3.05) is 19.6 Å². The Labute approximate surface area is 134 Å². The molecule has 1 aromatic heterocycles. The number of hydrogen-bond donors (Lipinski definition) is 3. The van der Waals surface area contributed by atoms with Gasteiger partial charge in [0.25, 0.3) is 0 Å². The summed E-state index contributed by atoms with van der Waals surface area (Å²) in [5.74, 6) is 0.549. The maximum atomic E-state index is 11.5. The van der Waals surface area contributed by atoms with Crippen LogP contribution in [-0.2, 0) is 0 Å². The topological polar surface area (TPSA) is 72.1 Å². The quantitative estimate of drug-likeness (QED) is 0.792. The zero-order valence-electron chi connectivity index (χ0n) is 12.2. The highest BCUT2D eigenvalue weighted by Gasteiger charge is 2.23. The van der Waals surface area contributed by atoms with E-state index in [0.717, 1.165) is 37.1 Å². The number of aromatic nitrogens is 2. The van der Waals surface area contributed by atoms with E-state index in [0.29, 0.717) is 11.4 Å². The lowest BCUT2D eigenvalue weighted by atomic mass is 9.89. The lowest BCUT2D eigenvalue weighted by Crippen LogP contribution is -2.34. The molecule has 1 aliphatic heterocycles. The highest BCUT2D eigenvalue weighted by molar-refractivity contribution is 8.93. The van der Waals surface area contributed by atoms with E-state index in [9.17, 15) is 9.90 Å². The van der Waals surface area contributed by atoms with Crippen molar-refractivity contribution >= 4 is 28.0 Å². The van der Waals surface area contributed by atoms with E-state index in [1.165, 1.54) is 12.8 Å². The molecule has 6 heteroatoms. The molecule has 3 rings (SSSR count). The van der Waals surface area contributed by atoms with Crippen LogP contribution in [0.5, 0.6) is 5.75 Å². The van der Waals surface area contributed by atoms with E-state index in [-0.39, 0.29) is 28.4 Å². The predicted molar refractivity (Wildman–Crippen MR) is 89.6 cm³/mol. The van der Waals surface area contributed by atoms with E-state index in [1.54, 1.807) is 6.07 Å². The number of H-pyrrole nitrogens is 2. The SMILES string of the molecule is Br.CCCN1CCCC(c2ccc(O)c3[nH]c(=O)[nH]c23)C1. The van der Waals surface area contributed by atoms with Crippen LogP contribution >= 0.6 is 17.0 Å². The molecule has 1 aromatic carbocycles. The Morgan fingerprint density at radius 2 is 2.10 bits per heavy atom. The smallest absolute Gasteiger partial charge is 0.323 e. The molecule has 21 heavy (non-hydrogen) atoms. The van der Waals surface area contributed by atoms with Crippen molar-refractivity contribution in [3.63, 3.8) is 0 Å². The van der Waals surface area contributed by atoms with Crippen LogP contribution in [0, 0.1) is 0 Å². The Bertz CT molecular complexity index is 662. The highest BCUT2D eigenvalue weighted by Crippen LogP contribution is 2.33. The molecule has 0 aliphatic carbocycles. The molecule has 1 unspecified atom stereocenters. The molecule has 2 heterocycles. The Morgan fingerprint density at radius 3 is 2.86 bits per heavy atom. The fraction of sp³-hybridized carbons (Fsp3) is 0.533. The number of aromatic amines is 2. The number of likely N-dealkylation sites (tertiary alicyclic amines) is 1. The summed E-state index contributed by atoms with van der Waals surface area (Å²) in [6, 6.07) is 3.63. The van der Waals surface area contributed by atoms with Gasteiger partial charge in [-0.25, -0.2) is 4.79 Å². The first-order valence-corrected chi connectivity index (χ1v) is 7.35. The molecule has 0 bridgehead atoms. The number of phenolic OH excluding ortho intramolecular Hbond substituents is 1. The number of piperidine rings is 1. The molecular weight excluding hydrogens is 334 g/mol. The largest absolute Gasteiger partial charge is 0.506 e. The average molecular weight is 356 g/mol. The Hall–Kier alpha value is -1.27. The molecule has 2 aromatic rings. The molecule has 3 N–H and O–H groups in total. The number of nitrogens with one attached hydrogen (secondary N) is 2. The van der Waals surface area contributed by atoms with Crippen molar-refractivity contribution in [2.24, 2.45) is 0 Å². The second-order valence-corrected chi connectivity index (χ2v) is 5.64. The third kappa shape index (κ3) is 3.16. The number of hydrogen-bond acceptors (Lipinski definition) is 3. The van der Waals surface area contributed by atoms with Gasteiger partial charge in [0.1, 0.15) is 11.3 Å². The molecule has 1 fully saturated rings. The van der Waals surface area contributed by atoms with Crippen LogP contribution < -0.4 is 5.69 Å². The van der Waals surface area contributed by atoms with Gasteiger partial charge >= 0.3 is 5.69 Å². The van der Waals surface area contributed by atoms with Gasteiger partial charge in [-0.15, -0.1) is 17.0 Å². The second kappa shape index (κ2) is 6.66. The van der Waals surface area contributed by atoms with E-state index in [4.69, 9.17) is 0 Å². The molecular formula is C15H22BrN3O2. The standard InChI is InChI=1S/C15H21N3O2.BrH/c1-2-7-18-8-3-4-10(9-18)11-5-6-12(19)14-13(11)16-15(20)17-14;/h5-6,10,19H,2-4,7-9H2,1H3,(H2,16,17,20);1H. The van der Waals surface area contributed by atoms with E-state index >= 15 is 0 Å². The summed E-state index contributed by atoms with van der Waals surface area (Å²) in [4.78, 5) is 19.5. The molecule has 1 aliphatic rings. The van der Waals surface area contributed by atoms with Gasteiger partial charge in [0, 0.05) is 6.54 Å². The maximum Gasteiger partial charge on any atom is 0.323 e. The van der Waals surface area contributed by atoms with Crippen molar-refractivity contribution in [1.82, 2.24) is 14.9 Å². The molecule has 1 saturated heterocycles. The summed E-state index contributed by atoms with van der Waals surface area (Å²) in [6.07, 6.45) is 3.48. The van der Waals surface area contributed by atoms with Crippen molar-refractivity contribution in [1.29, 1.82) is 0 Å². The van der Waals surface area contributed by atoms with Gasteiger partial charge in [-0.3, -0.25) is 0 Å². The molecule has 1 atom stereocenters. The Morgan fingerprint density at radius 1 is 1.33 bits per heavy atom. The summed E-state index contributed by atoms with van der Waals surface area (Å²) in [6.45, 7) is 5.52. The molecule has 116 valence electrons. The minimum Gasteiger partial charge on any atom is -0.506 e. The first-order chi connectivity index (χ1) is 9.69. The molecule has 0 radical (unpaired) electrons. The van der Waals surface area contributed by atoms with Gasteiger partial charge in [0.15, 0.2) is 0 Å². The highest BCUT2D eigenvalue weighted by atomic mass is 79.9. The number of phenols is 1. The minimum atomic E-state index is -0.260. The van der Waals surface area contributed by atoms with Gasteiger partial charge < -0.3 is 20.0 Å². The van der Waals surface area contributed by atoms with Crippen LogP contribution in [0.3, 0.4) is 0 Å². The average Bonchev–Trinajstić information content (AvgIpc) is 2.82. The summed E-state index contributed by atoms with van der Waals surface area (Å²) >= 11 is 0. The monoisotopic (exact) mass is 355 g/mol. The van der Waals surface area contributed by atoms with Crippen LogP contribution in [0.1, 0.15) is 37.7 Å². The molecule has 5 nitrogen and oxygen atoms in total. The fourth-order valence-electron chi connectivity index (χ4n) is 3.30. The third-order valence-corrected chi connectivity index (χ3v) is 4.18. The summed E-state index contributed by atoms with van der Waals surface area (Å²) in [7, 11) is 0. The van der Waals surface area contributed by atoms with Crippen molar-refractivity contribution < 1.29 is 5.11 Å². The van der Waals surface area contributed by atoms with Crippen LogP contribution in [0.2, 0.25) is 0 Å². The van der Waals surface area contributed by atoms with Crippen molar-refractivity contribution in [2.45, 2.75) is 32.1 Å². The Balaban J connectivity index is 0.00000161. The zero-order valence-corrected chi connectivity index (χ0v) is 13.9. The minimum absolute atomic E-state index is 0. The van der Waals surface area contributed by atoms with Gasteiger partial charge in [0.05, 0.1) is 5.52 Å². The van der Waals surface area contributed by atoms with Gasteiger partial charge in [-0.1, -0.05) is 13.0 Å². The number of nitrogens with zero attached hydrogens (tertiary/aromatic N) is 1. The van der Waals surface area contributed by atoms with E-state index in [1.807, 2.05) is 6.07 Å². The predicted octanol–water partition coefficient (Wildman–Crippen LogP) is 2.73. The number of imidazole rings is 1. The van der Waals surface area contributed by atoms with Crippen molar-refractivity contribution in [3.05, 3.63) is 28.2 Å². The number of fused-ring (bicyclic) bond motifs is 1. The zero-order chi connectivity index (χ0) is 14.1. The Kier molecular flexibility index (Phi) is 5.11. The number of aromatic hydroxyl groups is 1. The molecule has 0 saturated carbocycles. The van der Waals surface area contributed by atoms with E-state index in [2.05, 4.69) is 21.8 Å². The van der Waals surface area contributed by atoms with Crippen molar-refractivity contribution in [3.8, 4) is 5.75 Å². The first kappa shape index (κ1) is 16.1. The normalized spacial score (nSPS) is 19.6. The summed E-state index contributed by atoms with van der Waals surface area (Å²) in [5.41, 5.74) is 2.17. The number of benzene rings is 1. The summed E-state index contributed by atoms with van der Waals surface area (Å²) < 4.78 is 0. The molecule has 0 spiro atoms. The van der Waals surface area contributed by atoms with Gasteiger partial charge in [-0.05, 0) is 49.9 Å². The number of rotatable bonds is 3. The van der Waals surface area contributed by atoms with Crippen LogP contribution in [0.4, 0.5) is 0 Å². The second-order valence-electron chi connectivity index (χ2n) is 5.64. The van der Waals surface area contributed by atoms with Crippen LogP contribution in [0.25, 0.3) is 11.0 Å².